The highest BCUT2D eigenvalue weighted by Crippen LogP contribution is 2.41. The van der Waals surface area contributed by atoms with Crippen LogP contribution in [-0.2, 0) is 0 Å². The summed E-state index contributed by atoms with van der Waals surface area (Å²) in [5, 5.41) is 5.02. The molecular formula is C34H24. The van der Waals surface area contributed by atoms with Crippen molar-refractivity contribution in [1.29, 1.82) is 0 Å². The molecule has 0 fully saturated rings. The maximum atomic E-state index is 2.27. The van der Waals surface area contributed by atoms with Crippen molar-refractivity contribution in [3.8, 4) is 0 Å². The van der Waals surface area contributed by atoms with Crippen LogP contribution in [0.5, 0.6) is 0 Å². The second-order valence-electron chi connectivity index (χ2n) is 8.54. The second-order valence-corrected chi connectivity index (χ2v) is 8.54. The molecule has 6 rings (SSSR count). The third-order valence-electron chi connectivity index (χ3n) is 6.49. The van der Waals surface area contributed by atoms with Gasteiger partial charge in [-0.15, -0.1) is 0 Å². The molecule has 0 saturated carbocycles. The van der Waals surface area contributed by atoms with Gasteiger partial charge >= 0.3 is 0 Å². The van der Waals surface area contributed by atoms with Gasteiger partial charge in [0.25, 0.3) is 0 Å². The van der Waals surface area contributed by atoms with Gasteiger partial charge in [0, 0.05) is 0 Å². The van der Waals surface area contributed by atoms with Crippen LogP contribution in [0, 0.1) is 0 Å². The first kappa shape index (κ1) is 20.2. The van der Waals surface area contributed by atoms with Crippen molar-refractivity contribution in [1.82, 2.24) is 0 Å². The first-order chi connectivity index (χ1) is 16.9. The van der Waals surface area contributed by atoms with E-state index in [0.717, 1.165) is 0 Å². The Morgan fingerprint density at radius 1 is 0.294 bits per heavy atom. The summed E-state index contributed by atoms with van der Waals surface area (Å²) in [6.07, 6.45) is 0. The Morgan fingerprint density at radius 3 is 1.15 bits per heavy atom. The van der Waals surface area contributed by atoms with Crippen LogP contribution in [0.4, 0.5) is 0 Å². The van der Waals surface area contributed by atoms with E-state index in [-0.39, 0.29) is 0 Å². The van der Waals surface area contributed by atoms with Crippen molar-refractivity contribution < 1.29 is 0 Å². The summed E-state index contributed by atoms with van der Waals surface area (Å²) in [7, 11) is 0. The molecule has 0 atom stereocenters. The minimum Gasteiger partial charge on any atom is -0.0622 e. The van der Waals surface area contributed by atoms with E-state index in [1.165, 1.54) is 54.9 Å². The predicted octanol–water partition coefficient (Wildman–Crippen LogP) is 9.00. The minimum absolute atomic E-state index is 1.21. The lowest BCUT2D eigenvalue weighted by Crippen LogP contribution is -1.99. The van der Waals surface area contributed by atoms with E-state index in [1.54, 1.807) is 0 Å². The van der Waals surface area contributed by atoms with Crippen LogP contribution in [0.1, 0.15) is 22.3 Å². The van der Waals surface area contributed by atoms with Crippen LogP contribution in [0.2, 0.25) is 0 Å². The molecule has 160 valence electrons. The van der Waals surface area contributed by atoms with E-state index in [9.17, 15) is 0 Å². The number of hydrogen-bond donors (Lipinski definition) is 0. The smallest absolute Gasteiger partial charge is 0.00143 e. The molecule has 6 aromatic carbocycles. The molecule has 0 amide bonds. The van der Waals surface area contributed by atoms with Crippen molar-refractivity contribution in [2.45, 2.75) is 0 Å². The Balaban J connectivity index is 1.83. The molecule has 0 aliphatic carbocycles. The van der Waals surface area contributed by atoms with Gasteiger partial charge in [0.15, 0.2) is 0 Å². The molecule has 0 unspecified atom stereocenters. The summed E-state index contributed by atoms with van der Waals surface area (Å²) < 4.78 is 0. The largest absolute Gasteiger partial charge is 0.0622 e. The topological polar surface area (TPSA) is 0 Å². The second kappa shape index (κ2) is 8.84. The highest BCUT2D eigenvalue weighted by atomic mass is 14.2. The van der Waals surface area contributed by atoms with Crippen LogP contribution >= 0.6 is 0 Å². The molecule has 0 spiro atoms. The normalized spacial score (nSPS) is 10.9. The fourth-order valence-corrected chi connectivity index (χ4v) is 4.97. The molecule has 0 aromatic heterocycles. The standard InChI is InChI=1S/C34H24/c1-3-15-27(16-4-1)33(28-17-5-2-6-18-28)34(31-23-11-19-25-13-7-9-21-29(25)31)32-24-12-20-26-14-8-10-22-30(26)32/h1-24H. The van der Waals surface area contributed by atoms with E-state index in [4.69, 9.17) is 0 Å². The Hall–Kier alpha value is -4.42. The van der Waals surface area contributed by atoms with Gasteiger partial charge in [-0.25, -0.2) is 0 Å². The summed E-state index contributed by atoms with van der Waals surface area (Å²) in [5.41, 5.74) is 7.42. The molecule has 0 saturated heterocycles. The molecule has 0 N–H and O–H groups in total. The zero-order chi connectivity index (χ0) is 22.7. The van der Waals surface area contributed by atoms with Gasteiger partial charge in [0.2, 0.25) is 0 Å². The lowest BCUT2D eigenvalue weighted by molar-refractivity contribution is 1.53. The van der Waals surface area contributed by atoms with Crippen molar-refractivity contribution in [2.75, 3.05) is 0 Å². The highest BCUT2D eigenvalue weighted by molar-refractivity contribution is 6.14. The average molecular weight is 433 g/mol. The Labute approximate surface area is 200 Å². The van der Waals surface area contributed by atoms with Crippen LogP contribution in [0.25, 0.3) is 32.7 Å². The lowest BCUT2D eigenvalue weighted by atomic mass is 9.82. The SMILES string of the molecule is c1ccc(C(=C(c2cccc3ccccc23)c2cccc3ccccc23)c2ccccc2)cc1. The quantitative estimate of drug-likeness (QED) is 0.244. The fraction of sp³-hybridized carbons (Fsp3) is 0. The maximum absolute atomic E-state index is 2.27. The van der Waals surface area contributed by atoms with Gasteiger partial charge in [0.05, 0.1) is 0 Å². The fourth-order valence-electron chi connectivity index (χ4n) is 4.97. The molecule has 0 radical (unpaired) electrons. The third-order valence-corrected chi connectivity index (χ3v) is 6.49. The van der Waals surface area contributed by atoms with Gasteiger partial charge in [-0.05, 0) is 54.9 Å². The van der Waals surface area contributed by atoms with Gasteiger partial charge < -0.3 is 0 Å². The number of benzene rings is 6. The minimum atomic E-state index is 1.21. The summed E-state index contributed by atoms with van der Waals surface area (Å²) >= 11 is 0. The average Bonchev–Trinajstić information content (AvgIpc) is 2.92. The summed E-state index contributed by atoms with van der Waals surface area (Å²) in [6, 6.07) is 52.2. The van der Waals surface area contributed by atoms with Crippen LogP contribution in [0.3, 0.4) is 0 Å². The predicted molar refractivity (Wildman–Crippen MR) is 146 cm³/mol. The van der Waals surface area contributed by atoms with Crippen molar-refractivity contribution in [2.24, 2.45) is 0 Å². The highest BCUT2D eigenvalue weighted by Gasteiger charge is 2.19. The van der Waals surface area contributed by atoms with E-state index >= 15 is 0 Å². The van der Waals surface area contributed by atoms with Gasteiger partial charge in [-0.2, -0.15) is 0 Å². The zero-order valence-corrected chi connectivity index (χ0v) is 18.9. The molecule has 6 aromatic rings. The molecule has 0 bridgehead atoms. The maximum Gasteiger partial charge on any atom is -0.00143 e. The number of hydrogen-bond acceptors (Lipinski definition) is 0. The Bertz CT molecular complexity index is 1490. The molecule has 0 aliphatic heterocycles. The first-order valence-corrected chi connectivity index (χ1v) is 11.7. The monoisotopic (exact) mass is 432 g/mol. The van der Waals surface area contributed by atoms with Crippen LogP contribution in [0.15, 0.2) is 146 Å². The molecular weight excluding hydrogens is 408 g/mol. The van der Waals surface area contributed by atoms with E-state index in [2.05, 4.69) is 146 Å². The first-order valence-electron chi connectivity index (χ1n) is 11.7. The van der Waals surface area contributed by atoms with Crippen molar-refractivity contribution in [3.63, 3.8) is 0 Å². The van der Waals surface area contributed by atoms with Crippen molar-refractivity contribution in [3.05, 3.63) is 168 Å². The summed E-state index contributed by atoms with van der Waals surface area (Å²) in [5.74, 6) is 0. The van der Waals surface area contributed by atoms with Crippen molar-refractivity contribution >= 4 is 32.7 Å². The van der Waals surface area contributed by atoms with E-state index in [0.29, 0.717) is 0 Å². The van der Waals surface area contributed by atoms with Crippen LogP contribution < -0.4 is 0 Å². The number of rotatable bonds is 4. The van der Waals surface area contributed by atoms with Gasteiger partial charge in [0.1, 0.15) is 0 Å². The molecule has 0 heterocycles. The van der Waals surface area contributed by atoms with E-state index in [1.807, 2.05) is 0 Å². The van der Waals surface area contributed by atoms with Crippen LogP contribution in [-0.4, -0.2) is 0 Å². The molecule has 0 aliphatic rings. The Kier molecular flexibility index (Phi) is 5.26. The lowest BCUT2D eigenvalue weighted by Gasteiger charge is -2.21. The third kappa shape index (κ3) is 3.60. The molecule has 0 heteroatoms. The summed E-state index contributed by atoms with van der Waals surface area (Å²) in [6.45, 7) is 0. The Morgan fingerprint density at radius 2 is 0.676 bits per heavy atom. The summed E-state index contributed by atoms with van der Waals surface area (Å²) in [4.78, 5) is 0. The van der Waals surface area contributed by atoms with E-state index < -0.39 is 0 Å². The van der Waals surface area contributed by atoms with Gasteiger partial charge in [-0.1, -0.05) is 146 Å². The molecule has 0 nitrogen and oxygen atoms in total. The van der Waals surface area contributed by atoms with Gasteiger partial charge in [-0.3, -0.25) is 0 Å². The number of fused-ring (bicyclic) bond motifs is 2. The molecule has 34 heavy (non-hydrogen) atoms. The zero-order valence-electron chi connectivity index (χ0n) is 18.9.